The Labute approximate surface area is 100 Å². The van der Waals surface area contributed by atoms with E-state index in [1.54, 1.807) is 0 Å². The predicted octanol–water partition coefficient (Wildman–Crippen LogP) is -1.38. The minimum atomic E-state index is -0.556. The van der Waals surface area contributed by atoms with Crippen molar-refractivity contribution in [1.29, 1.82) is 5.26 Å². The van der Waals surface area contributed by atoms with E-state index in [1.165, 1.54) is 16.2 Å². The van der Waals surface area contributed by atoms with E-state index in [2.05, 4.69) is 15.4 Å². The highest BCUT2D eigenvalue weighted by Crippen LogP contribution is 2.14. The molecule has 0 aromatic carbocycles. The van der Waals surface area contributed by atoms with Crippen molar-refractivity contribution >= 4 is 17.1 Å². The fourth-order valence-corrected chi connectivity index (χ4v) is 1.72. The molecule has 0 aliphatic heterocycles. The third-order valence-electron chi connectivity index (χ3n) is 2.58. The second-order valence-electron chi connectivity index (χ2n) is 3.63. The Morgan fingerprint density at radius 1 is 1.56 bits per heavy atom. The Hall–Kier alpha value is -2.60. The molecule has 2 aromatic heterocycles. The van der Waals surface area contributed by atoms with Gasteiger partial charge in [-0.3, -0.25) is 19.8 Å². The monoisotopic (exact) mass is 249 g/mol. The number of H-pyrrole nitrogens is 1. The Balaban J connectivity index is 2.84. The molecule has 9 heteroatoms. The van der Waals surface area contributed by atoms with E-state index in [9.17, 15) is 9.59 Å². The maximum absolute atomic E-state index is 11.8. The molecule has 0 bridgehead atoms. The molecule has 0 radical (unpaired) electrons. The van der Waals surface area contributed by atoms with Gasteiger partial charge in [0.05, 0.1) is 12.5 Å². The van der Waals surface area contributed by atoms with Crippen molar-refractivity contribution in [3.8, 4) is 6.07 Å². The third kappa shape index (κ3) is 1.64. The van der Waals surface area contributed by atoms with E-state index in [-0.39, 0.29) is 30.1 Å². The summed E-state index contributed by atoms with van der Waals surface area (Å²) in [5.41, 5.74) is 1.66. The lowest BCUT2D eigenvalue weighted by atomic mass is 10.4. The van der Waals surface area contributed by atoms with Crippen LogP contribution in [0.5, 0.6) is 0 Å². The van der Waals surface area contributed by atoms with Crippen LogP contribution in [0.25, 0.3) is 11.2 Å². The van der Waals surface area contributed by atoms with E-state index < -0.39 is 11.2 Å². The average Bonchev–Trinajstić information content (AvgIpc) is 2.72. The van der Waals surface area contributed by atoms with Gasteiger partial charge in [-0.25, -0.2) is 10.6 Å². The van der Waals surface area contributed by atoms with Gasteiger partial charge in [-0.05, 0) is 0 Å². The summed E-state index contributed by atoms with van der Waals surface area (Å²) in [4.78, 5) is 29.5. The van der Waals surface area contributed by atoms with Gasteiger partial charge < -0.3 is 4.57 Å². The Bertz CT molecular complexity index is 745. The zero-order valence-electron chi connectivity index (χ0n) is 9.60. The standard InChI is InChI=1S/C9H11N7O2/c1-15-6-5(7(17)13-9(15)18)16(4-2-3-10)8(12-6)14-11/h2,4,11H2,1H3,(H,12,14)(H,13,17,18). The maximum Gasteiger partial charge on any atom is 0.329 e. The van der Waals surface area contributed by atoms with Gasteiger partial charge >= 0.3 is 5.69 Å². The zero-order chi connectivity index (χ0) is 13.3. The molecule has 0 atom stereocenters. The van der Waals surface area contributed by atoms with Gasteiger partial charge in [0.25, 0.3) is 5.56 Å². The molecule has 2 heterocycles. The zero-order valence-corrected chi connectivity index (χ0v) is 9.60. The second kappa shape index (κ2) is 4.34. The first-order valence-corrected chi connectivity index (χ1v) is 5.13. The highest BCUT2D eigenvalue weighted by atomic mass is 16.2. The highest BCUT2D eigenvalue weighted by molar-refractivity contribution is 5.73. The molecule has 0 amide bonds. The number of nitrogen functional groups attached to an aromatic ring is 1. The minimum Gasteiger partial charge on any atom is -0.302 e. The molecule has 0 aliphatic carbocycles. The number of hydrogen-bond acceptors (Lipinski definition) is 6. The number of aromatic amines is 1. The normalized spacial score (nSPS) is 10.5. The Morgan fingerprint density at radius 3 is 2.89 bits per heavy atom. The summed E-state index contributed by atoms with van der Waals surface area (Å²) in [6, 6.07) is 1.97. The lowest BCUT2D eigenvalue weighted by molar-refractivity contribution is 0.735. The minimum absolute atomic E-state index is 0.197. The number of fused-ring (bicyclic) bond motifs is 1. The van der Waals surface area contributed by atoms with Gasteiger partial charge in [-0.1, -0.05) is 0 Å². The van der Waals surface area contributed by atoms with Crippen molar-refractivity contribution in [2.45, 2.75) is 13.0 Å². The van der Waals surface area contributed by atoms with Crippen molar-refractivity contribution in [3.05, 3.63) is 20.8 Å². The van der Waals surface area contributed by atoms with Crippen LogP contribution in [0.4, 0.5) is 5.95 Å². The lowest BCUT2D eigenvalue weighted by Gasteiger charge is -2.04. The fraction of sp³-hybridized carbons (Fsp3) is 0.333. The summed E-state index contributed by atoms with van der Waals surface area (Å²) < 4.78 is 2.68. The van der Waals surface area contributed by atoms with Gasteiger partial charge in [0.2, 0.25) is 5.95 Å². The van der Waals surface area contributed by atoms with Gasteiger partial charge in [0.15, 0.2) is 11.2 Å². The summed E-state index contributed by atoms with van der Waals surface area (Å²) in [5, 5.41) is 8.59. The quantitative estimate of drug-likeness (QED) is 0.453. The molecule has 0 aliphatic rings. The molecule has 94 valence electrons. The molecule has 2 rings (SSSR count). The number of anilines is 1. The Morgan fingerprint density at radius 2 is 2.28 bits per heavy atom. The van der Waals surface area contributed by atoms with E-state index in [0.717, 1.165) is 0 Å². The van der Waals surface area contributed by atoms with Crippen LogP contribution in [0.3, 0.4) is 0 Å². The third-order valence-corrected chi connectivity index (χ3v) is 2.58. The van der Waals surface area contributed by atoms with Crippen LogP contribution in [-0.4, -0.2) is 19.1 Å². The van der Waals surface area contributed by atoms with Gasteiger partial charge in [0, 0.05) is 13.6 Å². The van der Waals surface area contributed by atoms with Gasteiger partial charge in [-0.15, -0.1) is 0 Å². The van der Waals surface area contributed by atoms with Crippen molar-refractivity contribution in [3.63, 3.8) is 0 Å². The van der Waals surface area contributed by atoms with E-state index in [1.807, 2.05) is 6.07 Å². The Kier molecular flexibility index (Phi) is 2.86. The van der Waals surface area contributed by atoms with Crippen LogP contribution in [0.2, 0.25) is 0 Å². The summed E-state index contributed by atoms with van der Waals surface area (Å²) >= 11 is 0. The highest BCUT2D eigenvalue weighted by Gasteiger charge is 2.16. The van der Waals surface area contributed by atoms with E-state index in [4.69, 9.17) is 11.1 Å². The largest absolute Gasteiger partial charge is 0.329 e. The molecule has 18 heavy (non-hydrogen) atoms. The molecule has 0 unspecified atom stereocenters. The van der Waals surface area contributed by atoms with Crippen LogP contribution in [0.15, 0.2) is 9.59 Å². The number of rotatable bonds is 3. The van der Waals surface area contributed by atoms with Crippen LogP contribution < -0.4 is 22.5 Å². The van der Waals surface area contributed by atoms with Gasteiger partial charge in [-0.2, -0.15) is 10.2 Å². The first-order valence-electron chi connectivity index (χ1n) is 5.13. The number of aromatic nitrogens is 4. The molecule has 2 aromatic rings. The van der Waals surface area contributed by atoms with Crippen molar-refractivity contribution in [1.82, 2.24) is 19.1 Å². The molecule has 9 nitrogen and oxygen atoms in total. The summed E-state index contributed by atoms with van der Waals surface area (Å²) in [7, 11) is 1.49. The molecule has 0 spiro atoms. The topological polar surface area (TPSA) is 135 Å². The fourth-order valence-electron chi connectivity index (χ4n) is 1.72. The van der Waals surface area contributed by atoms with Crippen molar-refractivity contribution in [2.75, 3.05) is 5.43 Å². The lowest BCUT2D eigenvalue weighted by Crippen LogP contribution is -2.29. The number of hydrogen-bond donors (Lipinski definition) is 3. The number of hydrazine groups is 1. The first kappa shape index (κ1) is 11.9. The van der Waals surface area contributed by atoms with Crippen LogP contribution in [0, 0.1) is 11.3 Å². The van der Waals surface area contributed by atoms with Crippen molar-refractivity contribution in [2.24, 2.45) is 12.9 Å². The number of nitrogens with zero attached hydrogens (tertiary/aromatic N) is 4. The molecule has 0 saturated heterocycles. The first-order chi connectivity index (χ1) is 8.60. The molecule has 4 N–H and O–H groups in total. The molecular weight excluding hydrogens is 238 g/mol. The second-order valence-corrected chi connectivity index (χ2v) is 3.63. The van der Waals surface area contributed by atoms with E-state index >= 15 is 0 Å². The SMILES string of the molecule is Cn1c(=O)[nH]c(=O)c2c1nc(NN)n2CCC#N. The number of imidazole rings is 1. The number of nitrogens with one attached hydrogen (secondary N) is 2. The summed E-state index contributed by atoms with van der Waals surface area (Å²) in [6.07, 6.45) is 0.197. The van der Waals surface area contributed by atoms with E-state index in [0.29, 0.717) is 0 Å². The van der Waals surface area contributed by atoms with Crippen LogP contribution in [0.1, 0.15) is 6.42 Å². The van der Waals surface area contributed by atoms with Crippen LogP contribution >= 0.6 is 0 Å². The van der Waals surface area contributed by atoms with Gasteiger partial charge in [0.1, 0.15) is 0 Å². The van der Waals surface area contributed by atoms with Crippen LogP contribution in [-0.2, 0) is 13.6 Å². The molecule has 0 fully saturated rings. The maximum atomic E-state index is 11.8. The number of nitriles is 1. The van der Waals surface area contributed by atoms with Crippen molar-refractivity contribution < 1.29 is 0 Å². The number of nitrogens with two attached hydrogens (primary N) is 1. The smallest absolute Gasteiger partial charge is 0.302 e. The molecule has 0 saturated carbocycles. The predicted molar refractivity (Wildman–Crippen MR) is 63.6 cm³/mol. The summed E-state index contributed by atoms with van der Waals surface area (Å²) in [6.45, 7) is 0.258. The summed E-state index contributed by atoms with van der Waals surface area (Å²) in [5.74, 6) is 5.54. The molecular formula is C9H11N7O2. The number of aryl methyl sites for hydroxylation is 2. The average molecular weight is 249 g/mol.